The van der Waals surface area contributed by atoms with Crippen LogP contribution in [-0.4, -0.2) is 13.2 Å². The summed E-state index contributed by atoms with van der Waals surface area (Å²) in [6.07, 6.45) is 8.66. The highest BCUT2D eigenvalue weighted by atomic mass is 16.5. The van der Waals surface area contributed by atoms with Crippen LogP contribution in [0.2, 0.25) is 0 Å². The molecule has 0 N–H and O–H groups in total. The molecule has 0 amide bonds. The van der Waals surface area contributed by atoms with Crippen LogP contribution in [0.4, 0.5) is 0 Å². The van der Waals surface area contributed by atoms with Crippen LogP contribution in [0.1, 0.15) is 72.1 Å². The van der Waals surface area contributed by atoms with Crippen molar-refractivity contribution in [2.75, 3.05) is 13.2 Å². The van der Waals surface area contributed by atoms with E-state index in [-0.39, 0.29) is 0 Å². The summed E-state index contributed by atoms with van der Waals surface area (Å²) in [5, 5.41) is 0. The van der Waals surface area contributed by atoms with Crippen molar-refractivity contribution in [3.63, 3.8) is 0 Å². The van der Waals surface area contributed by atoms with Crippen molar-refractivity contribution < 1.29 is 9.47 Å². The first-order valence-corrected chi connectivity index (χ1v) is 16.3. The number of ether oxygens (including phenoxy) is 2. The Balaban J connectivity index is 1.92. The lowest BCUT2D eigenvalue weighted by Crippen LogP contribution is -2.29. The standard InChI is InChI=1S/C44H44O2/c1-7-11-13-39(35-21-16-33(6)17-22-35)43-41(28-20-34-18-14-32(5)15-19-34)40-29-27-38(46-10-4)31-42(40)44(43,30-12-8-2)36-23-25-37(26-24-36)45-9-3/h7-8,13-19,21-27,29,31H,1-2,9-12,30H2,3-6H3/b39-13+. The van der Waals surface area contributed by atoms with Gasteiger partial charge in [-0.2, -0.15) is 0 Å². The van der Waals surface area contributed by atoms with Gasteiger partial charge in [-0.1, -0.05) is 89.7 Å². The number of allylic oxidation sites excluding steroid dienone is 6. The first-order valence-electron chi connectivity index (χ1n) is 16.3. The van der Waals surface area contributed by atoms with Gasteiger partial charge in [-0.05, 0) is 123 Å². The van der Waals surface area contributed by atoms with Crippen LogP contribution in [0, 0.1) is 25.7 Å². The van der Waals surface area contributed by atoms with Gasteiger partial charge in [0.25, 0.3) is 0 Å². The maximum atomic E-state index is 6.13. The molecule has 2 heteroatoms. The molecule has 0 spiro atoms. The molecule has 0 bridgehead atoms. The number of rotatable bonds is 12. The van der Waals surface area contributed by atoms with Crippen LogP contribution in [0.15, 0.2) is 128 Å². The second-order valence-electron chi connectivity index (χ2n) is 11.7. The summed E-state index contributed by atoms with van der Waals surface area (Å²) in [6.45, 7) is 17.7. The number of hydrogen-bond acceptors (Lipinski definition) is 2. The van der Waals surface area contributed by atoms with E-state index >= 15 is 0 Å². The smallest absolute Gasteiger partial charge is 0.119 e. The fourth-order valence-electron chi connectivity index (χ4n) is 6.42. The second kappa shape index (κ2) is 14.9. The number of fused-ring (bicyclic) bond motifs is 1. The Morgan fingerprint density at radius 2 is 1.37 bits per heavy atom. The van der Waals surface area contributed by atoms with E-state index in [0.29, 0.717) is 13.2 Å². The molecule has 0 saturated heterocycles. The van der Waals surface area contributed by atoms with Gasteiger partial charge in [0.1, 0.15) is 11.5 Å². The Morgan fingerprint density at radius 1 is 0.739 bits per heavy atom. The molecule has 0 aromatic heterocycles. The minimum absolute atomic E-state index is 0.531. The lowest BCUT2D eigenvalue weighted by Gasteiger charge is -2.36. The Labute approximate surface area is 275 Å². The first-order chi connectivity index (χ1) is 22.4. The third-order valence-corrected chi connectivity index (χ3v) is 8.59. The highest BCUT2D eigenvalue weighted by Gasteiger charge is 2.47. The number of hydrogen-bond donors (Lipinski definition) is 0. The van der Waals surface area contributed by atoms with Crippen LogP contribution in [0.3, 0.4) is 0 Å². The fraction of sp³-hybridized carbons (Fsp3) is 0.227. The lowest BCUT2D eigenvalue weighted by atomic mass is 9.65. The molecule has 4 aromatic rings. The average Bonchev–Trinajstić information content (AvgIpc) is 3.34. The summed E-state index contributed by atoms with van der Waals surface area (Å²) in [4.78, 5) is 0. The Kier molecular flexibility index (Phi) is 10.5. The third-order valence-electron chi connectivity index (χ3n) is 8.59. The quantitative estimate of drug-likeness (QED) is 0.118. The summed E-state index contributed by atoms with van der Waals surface area (Å²) >= 11 is 0. The largest absolute Gasteiger partial charge is 0.494 e. The van der Waals surface area contributed by atoms with Crippen molar-refractivity contribution >= 4 is 11.1 Å². The summed E-state index contributed by atoms with van der Waals surface area (Å²) in [5.74, 6) is 8.97. The molecular formula is C44H44O2. The zero-order valence-corrected chi connectivity index (χ0v) is 27.7. The maximum absolute atomic E-state index is 6.13. The van der Waals surface area contributed by atoms with Crippen molar-refractivity contribution in [1.82, 2.24) is 0 Å². The first kappa shape index (κ1) is 32.4. The van der Waals surface area contributed by atoms with Gasteiger partial charge in [0.15, 0.2) is 0 Å². The highest BCUT2D eigenvalue weighted by molar-refractivity contribution is 6.03. The summed E-state index contributed by atoms with van der Waals surface area (Å²) < 4.78 is 12.0. The third kappa shape index (κ3) is 6.65. The van der Waals surface area contributed by atoms with E-state index in [4.69, 9.17) is 9.47 Å². The van der Waals surface area contributed by atoms with E-state index in [2.05, 4.69) is 136 Å². The highest BCUT2D eigenvalue weighted by Crippen LogP contribution is 2.58. The van der Waals surface area contributed by atoms with Crippen LogP contribution in [0.5, 0.6) is 11.5 Å². The van der Waals surface area contributed by atoms with Crippen LogP contribution >= 0.6 is 0 Å². The topological polar surface area (TPSA) is 18.5 Å². The minimum atomic E-state index is -0.531. The van der Waals surface area contributed by atoms with Crippen LogP contribution in [-0.2, 0) is 5.41 Å². The van der Waals surface area contributed by atoms with Gasteiger partial charge < -0.3 is 9.47 Å². The van der Waals surface area contributed by atoms with E-state index in [0.717, 1.165) is 53.0 Å². The van der Waals surface area contributed by atoms with Crippen molar-refractivity contribution in [2.24, 2.45) is 0 Å². The average molecular weight is 605 g/mol. The molecule has 0 heterocycles. The number of aryl methyl sites for hydroxylation is 2. The molecule has 0 aliphatic heterocycles. The molecule has 1 unspecified atom stereocenters. The molecule has 2 nitrogen and oxygen atoms in total. The Bertz CT molecular complexity index is 1810. The van der Waals surface area contributed by atoms with Crippen molar-refractivity contribution in [3.05, 3.63) is 167 Å². The number of benzene rings is 4. The van der Waals surface area contributed by atoms with Crippen LogP contribution in [0.25, 0.3) is 11.1 Å². The van der Waals surface area contributed by atoms with E-state index in [1.165, 1.54) is 33.4 Å². The molecule has 0 saturated carbocycles. The predicted molar refractivity (Wildman–Crippen MR) is 194 cm³/mol. The fourth-order valence-corrected chi connectivity index (χ4v) is 6.42. The molecule has 46 heavy (non-hydrogen) atoms. The monoisotopic (exact) mass is 604 g/mol. The molecule has 0 fully saturated rings. The van der Waals surface area contributed by atoms with Gasteiger partial charge in [0, 0.05) is 16.6 Å². The van der Waals surface area contributed by atoms with Gasteiger partial charge in [-0.3, -0.25) is 0 Å². The molecule has 1 aliphatic rings. The maximum Gasteiger partial charge on any atom is 0.119 e. The van der Waals surface area contributed by atoms with E-state index < -0.39 is 5.41 Å². The molecular weight excluding hydrogens is 560 g/mol. The minimum Gasteiger partial charge on any atom is -0.494 e. The SMILES string of the molecule is C=CC/C=C(/C1=C(C#Cc2ccc(C)cc2)c2ccc(OCC)cc2C1(CCC=C)c1ccc(OCC)cc1)c1ccc(C)cc1. The zero-order chi connectivity index (χ0) is 32.5. The zero-order valence-electron chi connectivity index (χ0n) is 27.7. The normalized spacial score (nSPS) is 15.5. The molecule has 1 atom stereocenters. The van der Waals surface area contributed by atoms with E-state index in [9.17, 15) is 0 Å². The Morgan fingerprint density at radius 3 is 2.00 bits per heavy atom. The predicted octanol–water partition coefficient (Wildman–Crippen LogP) is 10.8. The molecule has 4 aromatic carbocycles. The molecule has 0 radical (unpaired) electrons. The lowest BCUT2D eigenvalue weighted by molar-refractivity contribution is 0.339. The van der Waals surface area contributed by atoms with Gasteiger partial charge in [0.05, 0.1) is 13.2 Å². The van der Waals surface area contributed by atoms with Gasteiger partial charge in [0.2, 0.25) is 0 Å². The van der Waals surface area contributed by atoms with Gasteiger partial charge in [-0.25, -0.2) is 0 Å². The van der Waals surface area contributed by atoms with Gasteiger partial charge in [-0.15, -0.1) is 13.2 Å². The Hall–Kier alpha value is -5.00. The molecule has 1 aliphatic carbocycles. The van der Waals surface area contributed by atoms with E-state index in [1.54, 1.807) is 0 Å². The summed E-state index contributed by atoms with van der Waals surface area (Å²) in [5.41, 5.74) is 11.0. The molecule has 232 valence electrons. The molecule has 5 rings (SSSR count). The van der Waals surface area contributed by atoms with Crippen molar-refractivity contribution in [3.8, 4) is 23.3 Å². The van der Waals surface area contributed by atoms with E-state index in [1.807, 2.05) is 26.0 Å². The van der Waals surface area contributed by atoms with Crippen molar-refractivity contribution in [1.29, 1.82) is 0 Å². The van der Waals surface area contributed by atoms with Crippen LogP contribution < -0.4 is 9.47 Å². The summed E-state index contributed by atoms with van der Waals surface area (Å²) in [7, 11) is 0. The summed E-state index contributed by atoms with van der Waals surface area (Å²) in [6, 6.07) is 32.4. The van der Waals surface area contributed by atoms with Gasteiger partial charge >= 0.3 is 0 Å². The second-order valence-corrected chi connectivity index (χ2v) is 11.7. The van der Waals surface area contributed by atoms with Crippen molar-refractivity contribution in [2.45, 2.75) is 52.4 Å².